The second kappa shape index (κ2) is 13.2. The van der Waals surface area contributed by atoms with Gasteiger partial charge in [0.15, 0.2) is 0 Å². The van der Waals surface area contributed by atoms with Gasteiger partial charge in [-0.15, -0.1) is 0 Å². The van der Waals surface area contributed by atoms with Gasteiger partial charge >= 0.3 is 0 Å². The van der Waals surface area contributed by atoms with Crippen molar-refractivity contribution < 1.29 is 4.42 Å². The largest absolute Gasteiger partial charge is 0.468 e. The zero-order valence-electron chi connectivity index (χ0n) is 39.1. The van der Waals surface area contributed by atoms with Gasteiger partial charge in [-0.25, -0.2) is 0 Å². The lowest BCUT2D eigenvalue weighted by Gasteiger charge is -2.48. The Hall–Kier alpha value is -6.26. The summed E-state index contributed by atoms with van der Waals surface area (Å²) in [4.78, 5) is 5.20. The number of anilines is 6. The lowest BCUT2D eigenvalue weighted by atomic mass is 9.35. The van der Waals surface area contributed by atoms with Gasteiger partial charge in [-0.3, -0.25) is 0 Å². The summed E-state index contributed by atoms with van der Waals surface area (Å²) >= 11 is 0. The highest BCUT2D eigenvalue weighted by atomic mass is 16.3. The minimum atomic E-state index is -0.175. The summed E-state index contributed by atoms with van der Waals surface area (Å²) in [6.45, 7) is 23.5. The number of hydrogen-bond donors (Lipinski definition) is 0. The van der Waals surface area contributed by atoms with Gasteiger partial charge < -0.3 is 14.2 Å². The maximum Gasteiger partial charge on any atom is 0.297 e. The van der Waals surface area contributed by atoms with E-state index in [1.165, 1.54) is 89.3 Å². The highest BCUT2D eigenvalue weighted by Gasteiger charge is 2.50. The molecule has 7 aromatic carbocycles. The fourth-order valence-electron chi connectivity index (χ4n) is 11.8. The summed E-state index contributed by atoms with van der Waals surface area (Å²) < 4.78 is 7.47. The van der Waals surface area contributed by atoms with E-state index >= 15 is 0 Å². The van der Waals surface area contributed by atoms with Gasteiger partial charge in [0.2, 0.25) is 0 Å². The molecule has 0 spiro atoms. The van der Waals surface area contributed by atoms with E-state index in [9.17, 15) is 0 Å². The standard InChI is InChI=1S/C60H57BN2O/c1-36-28-50-53-51(29-36)63-49-35-47-46(34-48(49)61(53)56-55(62(50)42-22-15-12-16-23-42)43-25-24-39(57(2,3)4)33-52(43)64-56)59(8,9)26-27-60(47,10)40-21-17-20-38(30-40)45-32-41(58(5,6)7)31-44(54(45)63)37-18-13-11-14-19-37/h11-25,28-35H,26-27H2,1-10H3. The summed E-state index contributed by atoms with van der Waals surface area (Å²) in [6, 6.07) is 53.8. The van der Waals surface area contributed by atoms with Crippen molar-refractivity contribution in [2.45, 2.75) is 104 Å². The number of fused-ring (bicyclic) bond motifs is 12. The Balaban J connectivity index is 1.29. The first-order valence-corrected chi connectivity index (χ1v) is 23.4. The molecule has 0 N–H and O–H groups in total. The van der Waals surface area contributed by atoms with Crippen LogP contribution in [0, 0.1) is 6.92 Å². The van der Waals surface area contributed by atoms with Crippen LogP contribution in [0.1, 0.15) is 109 Å². The molecule has 3 nitrogen and oxygen atoms in total. The van der Waals surface area contributed by atoms with Crippen LogP contribution in [0.2, 0.25) is 0 Å². The molecule has 12 rings (SSSR count). The topological polar surface area (TPSA) is 19.6 Å². The normalized spacial score (nSPS) is 17.8. The Bertz CT molecular complexity index is 3250. The van der Waals surface area contributed by atoms with Crippen molar-refractivity contribution in [1.29, 1.82) is 0 Å². The monoisotopic (exact) mass is 832 g/mol. The van der Waals surface area contributed by atoms with Crippen molar-refractivity contribution >= 4 is 68.4 Å². The number of aryl methyl sites for hydroxylation is 1. The third-order valence-corrected chi connectivity index (χ3v) is 15.5. The fourth-order valence-corrected chi connectivity index (χ4v) is 11.8. The molecule has 0 saturated heterocycles. The van der Waals surface area contributed by atoms with Crippen LogP contribution >= 0.6 is 0 Å². The van der Waals surface area contributed by atoms with Gasteiger partial charge in [-0.1, -0.05) is 147 Å². The summed E-state index contributed by atoms with van der Waals surface area (Å²) in [6.07, 6.45) is 2.18. The molecule has 4 heterocycles. The Morgan fingerprint density at radius 2 is 1.22 bits per heavy atom. The minimum absolute atomic E-state index is 0.0232. The highest BCUT2D eigenvalue weighted by molar-refractivity contribution is 7.00. The quantitative estimate of drug-likeness (QED) is 0.162. The van der Waals surface area contributed by atoms with Crippen LogP contribution in [0.4, 0.5) is 34.1 Å². The lowest BCUT2D eigenvalue weighted by Crippen LogP contribution is -2.61. The van der Waals surface area contributed by atoms with Crippen LogP contribution in [-0.2, 0) is 21.7 Å². The fraction of sp³-hybridized carbons (Fsp3) is 0.267. The minimum Gasteiger partial charge on any atom is -0.468 e. The van der Waals surface area contributed by atoms with Crippen LogP contribution < -0.4 is 26.4 Å². The van der Waals surface area contributed by atoms with Gasteiger partial charge in [0.25, 0.3) is 6.71 Å². The van der Waals surface area contributed by atoms with E-state index in [4.69, 9.17) is 4.42 Å². The summed E-state index contributed by atoms with van der Waals surface area (Å²) in [7, 11) is 0. The van der Waals surface area contributed by atoms with Gasteiger partial charge in [0.1, 0.15) is 5.58 Å². The average Bonchev–Trinajstić information content (AvgIpc) is 3.65. The predicted octanol–water partition coefficient (Wildman–Crippen LogP) is 14.4. The number of hydrogen-bond acceptors (Lipinski definition) is 3. The van der Waals surface area contributed by atoms with Crippen molar-refractivity contribution in [3.63, 3.8) is 0 Å². The van der Waals surface area contributed by atoms with Crippen molar-refractivity contribution in [1.82, 2.24) is 0 Å². The number of benzene rings is 7. The number of furan rings is 1. The van der Waals surface area contributed by atoms with Crippen molar-refractivity contribution in [3.8, 4) is 22.3 Å². The van der Waals surface area contributed by atoms with Crippen LogP contribution in [0.15, 0.2) is 144 Å². The third-order valence-electron chi connectivity index (χ3n) is 15.5. The lowest BCUT2D eigenvalue weighted by molar-refractivity contribution is 0.350. The van der Waals surface area contributed by atoms with E-state index in [0.717, 1.165) is 40.8 Å². The predicted molar refractivity (Wildman–Crippen MR) is 272 cm³/mol. The molecule has 0 amide bonds. The molecule has 4 heteroatoms. The Morgan fingerprint density at radius 3 is 1.92 bits per heavy atom. The van der Waals surface area contributed by atoms with Crippen LogP contribution in [-0.4, -0.2) is 6.71 Å². The second-order valence-corrected chi connectivity index (χ2v) is 22.2. The zero-order valence-corrected chi connectivity index (χ0v) is 39.1. The summed E-state index contributed by atoms with van der Waals surface area (Å²) in [5.41, 5.74) is 24.5. The molecule has 1 unspecified atom stereocenters. The molecular formula is C60H57BN2O. The molecule has 64 heavy (non-hydrogen) atoms. The van der Waals surface area contributed by atoms with Gasteiger partial charge in [0.05, 0.1) is 17.0 Å². The summed E-state index contributed by atoms with van der Waals surface area (Å²) in [5.74, 6) is 0. The molecule has 4 bridgehead atoms. The highest BCUT2D eigenvalue weighted by Crippen LogP contribution is 2.57. The first kappa shape index (κ1) is 39.3. The molecule has 8 aromatic rings. The first-order chi connectivity index (χ1) is 30.5. The van der Waals surface area contributed by atoms with E-state index in [1.54, 1.807) is 0 Å². The molecule has 1 aromatic heterocycles. The molecule has 3 aliphatic heterocycles. The average molecular weight is 833 g/mol. The Labute approximate surface area is 379 Å². The molecule has 316 valence electrons. The smallest absolute Gasteiger partial charge is 0.297 e. The van der Waals surface area contributed by atoms with Gasteiger partial charge in [-0.2, -0.15) is 0 Å². The van der Waals surface area contributed by atoms with Gasteiger partial charge in [0, 0.05) is 44.7 Å². The zero-order chi connectivity index (χ0) is 44.2. The number of para-hydroxylation sites is 1. The second-order valence-electron chi connectivity index (χ2n) is 22.2. The third kappa shape index (κ3) is 5.53. The molecule has 4 aliphatic rings. The van der Waals surface area contributed by atoms with Crippen molar-refractivity contribution in [3.05, 3.63) is 173 Å². The number of rotatable bonds is 2. The maximum atomic E-state index is 7.47. The molecule has 0 fully saturated rings. The van der Waals surface area contributed by atoms with Crippen molar-refractivity contribution in [2.24, 2.45) is 0 Å². The Kier molecular flexibility index (Phi) is 8.09. The summed E-state index contributed by atoms with van der Waals surface area (Å²) in [5, 5.41) is 1.15. The SMILES string of the molecule is Cc1cc2c3c(c1)N(c1ccccc1)c1c(oc4cc(C(C)(C)C)ccc14)B3c1cc3c4cc1N2c1c(-c2ccccc2)cc(C(C)(C)C)cc1-c1cccc(c1)C4(C)CCC3(C)C. The molecule has 1 atom stereocenters. The molecular weight excluding hydrogens is 775 g/mol. The van der Waals surface area contributed by atoms with Crippen molar-refractivity contribution in [2.75, 3.05) is 9.80 Å². The maximum absolute atomic E-state index is 7.47. The molecule has 1 aliphatic carbocycles. The van der Waals surface area contributed by atoms with E-state index in [1.807, 2.05) is 0 Å². The molecule has 0 radical (unpaired) electrons. The van der Waals surface area contributed by atoms with E-state index in [2.05, 4.69) is 219 Å². The number of nitrogens with zero attached hydrogens (tertiary/aromatic N) is 2. The van der Waals surface area contributed by atoms with Gasteiger partial charge in [-0.05, 0) is 146 Å². The van der Waals surface area contributed by atoms with Crippen LogP contribution in [0.5, 0.6) is 0 Å². The van der Waals surface area contributed by atoms with Crippen LogP contribution in [0.3, 0.4) is 0 Å². The van der Waals surface area contributed by atoms with E-state index in [0.29, 0.717) is 0 Å². The Morgan fingerprint density at radius 1 is 0.562 bits per heavy atom. The van der Waals surface area contributed by atoms with E-state index in [-0.39, 0.29) is 28.4 Å². The molecule has 0 saturated carbocycles. The van der Waals surface area contributed by atoms with E-state index < -0.39 is 0 Å². The first-order valence-electron chi connectivity index (χ1n) is 23.4. The van der Waals surface area contributed by atoms with Crippen LogP contribution in [0.25, 0.3) is 33.2 Å².